The number of nitrogens with one attached hydrogen (secondary N) is 1. The third kappa shape index (κ3) is 5.17. The number of benzene rings is 2. The summed E-state index contributed by atoms with van der Waals surface area (Å²) in [7, 11) is -2.36. The zero-order chi connectivity index (χ0) is 21.1. The van der Waals surface area contributed by atoms with Gasteiger partial charge in [0.25, 0.3) is 0 Å². The molecule has 0 aromatic heterocycles. The lowest BCUT2D eigenvalue weighted by atomic mass is 10.0. The van der Waals surface area contributed by atoms with Gasteiger partial charge in [0.05, 0.1) is 19.1 Å². The number of rotatable bonds is 7. The van der Waals surface area contributed by atoms with Crippen LogP contribution in [0.1, 0.15) is 32.3 Å². The van der Waals surface area contributed by atoms with Crippen LogP contribution in [-0.2, 0) is 14.8 Å². The molecule has 6 nitrogen and oxygen atoms in total. The predicted molar refractivity (Wildman–Crippen MR) is 114 cm³/mol. The summed E-state index contributed by atoms with van der Waals surface area (Å²) in [5.74, 6) is 0.209. The minimum Gasteiger partial charge on any atom is -0.495 e. The van der Waals surface area contributed by atoms with Crippen LogP contribution in [0, 0.1) is 0 Å². The first kappa shape index (κ1) is 22.0. The van der Waals surface area contributed by atoms with Crippen LogP contribution in [0.4, 0.5) is 11.4 Å². The molecule has 28 heavy (non-hydrogen) atoms. The van der Waals surface area contributed by atoms with E-state index in [-0.39, 0.29) is 5.69 Å². The Balaban J connectivity index is 2.34. The van der Waals surface area contributed by atoms with Crippen LogP contribution in [0.3, 0.4) is 0 Å². The number of halogens is 1. The number of amides is 1. The molecule has 0 fully saturated rings. The lowest BCUT2D eigenvalue weighted by Gasteiger charge is -2.29. The van der Waals surface area contributed by atoms with E-state index in [1.54, 1.807) is 24.3 Å². The third-order valence-electron chi connectivity index (χ3n) is 4.31. The van der Waals surface area contributed by atoms with Crippen LogP contribution in [0.5, 0.6) is 5.75 Å². The summed E-state index contributed by atoms with van der Waals surface area (Å²) in [6, 6.07) is 11.0. The molecule has 2 rings (SSSR count). The molecule has 0 spiro atoms. The lowest BCUT2D eigenvalue weighted by Crippen LogP contribution is -2.45. The first-order valence-electron chi connectivity index (χ1n) is 8.78. The van der Waals surface area contributed by atoms with E-state index in [1.165, 1.54) is 20.1 Å². The summed E-state index contributed by atoms with van der Waals surface area (Å²) in [6.45, 7) is 5.68. The maximum Gasteiger partial charge on any atom is 0.247 e. The van der Waals surface area contributed by atoms with Crippen molar-refractivity contribution >= 4 is 38.9 Å². The second-order valence-electron chi connectivity index (χ2n) is 6.82. The molecule has 0 aliphatic rings. The van der Waals surface area contributed by atoms with Crippen molar-refractivity contribution in [2.24, 2.45) is 0 Å². The van der Waals surface area contributed by atoms with Crippen molar-refractivity contribution < 1.29 is 17.9 Å². The van der Waals surface area contributed by atoms with Crippen LogP contribution in [0.2, 0.25) is 5.02 Å². The molecule has 152 valence electrons. The maximum absolute atomic E-state index is 12.8. The van der Waals surface area contributed by atoms with E-state index in [0.29, 0.717) is 22.4 Å². The Bertz CT molecular complexity index is 943. The molecule has 0 bridgehead atoms. The number of carbonyl (C=O) groups excluding carboxylic acids is 1. The van der Waals surface area contributed by atoms with Crippen LogP contribution < -0.4 is 14.4 Å². The number of ether oxygens (including phenoxy) is 1. The molecule has 0 heterocycles. The summed E-state index contributed by atoms with van der Waals surface area (Å²) in [4.78, 5) is 12.8. The van der Waals surface area contributed by atoms with Gasteiger partial charge in [-0.05, 0) is 48.7 Å². The topological polar surface area (TPSA) is 75.7 Å². The monoisotopic (exact) mass is 424 g/mol. The summed E-state index contributed by atoms with van der Waals surface area (Å²) >= 11 is 6.04. The van der Waals surface area contributed by atoms with E-state index in [4.69, 9.17) is 16.3 Å². The molecule has 2 aromatic rings. The minimum atomic E-state index is -3.79. The van der Waals surface area contributed by atoms with E-state index >= 15 is 0 Å². The molecule has 1 unspecified atom stereocenters. The van der Waals surface area contributed by atoms with E-state index in [1.807, 2.05) is 12.1 Å². The number of anilines is 2. The molecule has 0 aliphatic heterocycles. The molecule has 1 amide bonds. The van der Waals surface area contributed by atoms with Gasteiger partial charge in [-0.3, -0.25) is 9.10 Å². The second-order valence-corrected chi connectivity index (χ2v) is 9.11. The van der Waals surface area contributed by atoms with Crippen molar-refractivity contribution in [2.45, 2.75) is 32.7 Å². The standard InChI is InChI=1S/C20H25ClN2O4S/c1-13(2)15-6-9-17(10-7-15)22-20(24)14(3)23(28(5,25)26)18-12-16(21)8-11-19(18)27-4/h6-14H,1-5H3,(H,22,24). The minimum absolute atomic E-state index is 0.204. The normalized spacial score (nSPS) is 12.5. The second kappa shape index (κ2) is 8.84. The van der Waals surface area contributed by atoms with E-state index < -0.39 is 22.0 Å². The zero-order valence-electron chi connectivity index (χ0n) is 16.6. The van der Waals surface area contributed by atoms with Gasteiger partial charge in [0, 0.05) is 10.7 Å². The fraction of sp³-hybridized carbons (Fsp3) is 0.350. The number of carbonyl (C=O) groups is 1. The summed E-state index contributed by atoms with van der Waals surface area (Å²) in [5.41, 5.74) is 1.94. The molecule has 2 aromatic carbocycles. The van der Waals surface area contributed by atoms with Gasteiger partial charge in [-0.2, -0.15) is 0 Å². The molecule has 1 atom stereocenters. The number of methoxy groups -OCH3 is 1. The van der Waals surface area contributed by atoms with Crippen molar-refractivity contribution in [2.75, 3.05) is 23.0 Å². The molecule has 0 radical (unpaired) electrons. The molecule has 1 N–H and O–H groups in total. The van der Waals surface area contributed by atoms with E-state index in [0.717, 1.165) is 16.1 Å². The van der Waals surface area contributed by atoms with Crippen molar-refractivity contribution in [1.82, 2.24) is 0 Å². The van der Waals surface area contributed by atoms with Crippen LogP contribution in [0.25, 0.3) is 0 Å². The Labute approximate surface area is 171 Å². The molecule has 8 heteroatoms. The summed E-state index contributed by atoms with van der Waals surface area (Å²) < 4.78 is 31.2. The van der Waals surface area contributed by atoms with Gasteiger partial charge >= 0.3 is 0 Å². The van der Waals surface area contributed by atoms with Gasteiger partial charge < -0.3 is 10.1 Å². The smallest absolute Gasteiger partial charge is 0.247 e. The van der Waals surface area contributed by atoms with Crippen molar-refractivity contribution in [3.63, 3.8) is 0 Å². The SMILES string of the molecule is COc1ccc(Cl)cc1N(C(C)C(=O)Nc1ccc(C(C)C)cc1)S(C)(=O)=O. The molecular formula is C20H25ClN2O4S. The first-order valence-corrected chi connectivity index (χ1v) is 11.0. The Kier molecular flexibility index (Phi) is 6.96. The average Bonchev–Trinajstić information content (AvgIpc) is 2.61. The average molecular weight is 425 g/mol. The van der Waals surface area contributed by atoms with Gasteiger partial charge in [-0.15, -0.1) is 0 Å². The Morgan fingerprint density at radius 1 is 1.11 bits per heavy atom. The number of hydrogen-bond donors (Lipinski definition) is 1. The highest BCUT2D eigenvalue weighted by Gasteiger charge is 2.31. The lowest BCUT2D eigenvalue weighted by molar-refractivity contribution is -0.116. The van der Waals surface area contributed by atoms with Gasteiger partial charge in [0.2, 0.25) is 15.9 Å². The third-order valence-corrected chi connectivity index (χ3v) is 5.77. The highest BCUT2D eigenvalue weighted by molar-refractivity contribution is 7.92. The molecular weight excluding hydrogens is 400 g/mol. The van der Waals surface area contributed by atoms with Gasteiger partial charge in [-0.25, -0.2) is 8.42 Å². The molecule has 0 saturated carbocycles. The number of sulfonamides is 1. The number of nitrogens with zero attached hydrogens (tertiary/aromatic N) is 1. The van der Waals surface area contributed by atoms with Gasteiger partial charge in [0.15, 0.2) is 0 Å². The Morgan fingerprint density at radius 3 is 2.21 bits per heavy atom. The summed E-state index contributed by atoms with van der Waals surface area (Å²) in [6.07, 6.45) is 1.04. The highest BCUT2D eigenvalue weighted by Crippen LogP contribution is 2.34. The van der Waals surface area contributed by atoms with Crippen molar-refractivity contribution in [3.05, 3.63) is 53.1 Å². The zero-order valence-corrected chi connectivity index (χ0v) is 18.1. The molecule has 0 saturated heterocycles. The summed E-state index contributed by atoms with van der Waals surface area (Å²) in [5, 5.41) is 3.10. The highest BCUT2D eigenvalue weighted by atomic mass is 35.5. The number of hydrogen-bond acceptors (Lipinski definition) is 4. The van der Waals surface area contributed by atoms with E-state index in [2.05, 4.69) is 19.2 Å². The van der Waals surface area contributed by atoms with Crippen LogP contribution >= 0.6 is 11.6 Å². The largest absolute Gasteiger partial charge is 0.495 e. The fourth-order valence-corrected chi connectivity index (χ4v) is 4.15. The fourth-order valence-electron chi connectivity index (χ4n) is 2.81. The van der Waals surface area contributed by atoms with E-state index in [9.17, 15) is 13.2 Å². The predicted octanol–water partition coefficient (Wildman–Crippen LogP) is 4.27. The maximum atomic E-state index is 12.8. The molecule has 0 aliphatic carbocycles. The Morgan fingerprint density at radius 2 is 1.71 bits per heavy atom. The first-order chi connectivity index (χ1) is 13.0. The van der Waals surface area contributed by atoms with Crippen molar-refractivity contribution in [3.8, 4) is 5.75 Å². The van der Waals surface area contributed by atoms with Crippen LogP contribution in [-0.4, -0.2) is 33.7 Å². The quantitative estimate of drug-likeness (QED) is 0.720. The van der Waals surface area contributed by atoms with Crippen molar-refractivity contribution in [1.29, 1.82) is 0 Å². The van der Waals surface area contributed by atoms with Crippen LogP contribution in [0.15, 0.2) is 42.5 Å². The van der Waals surface area contributed by atoms with Gasteiger partial charge in [0.1, 0.15) is 11.8 Å². The van der Waals surface area contributed by atoms with Gasteiger partial charge in [-0.1, -0.05) is 37.6 Å². The Hall–Kier alpha value is -2.25.